The van der Waals surface area contributed by atoms with Crippen LogP contribution in [0.2, 0.25) is 0 Å². The average Bonchev–Trinajstić information content (AvgIpc) is 2.90. The van der Waals surface area contributed by atoms with Gasteiger partial charge in [0.2, 0.25) is 0 Å². The van der Waals surface area contributed by atoms with Crippen LogP contribution in [0, 0.1) is 0 Å². The summed E-state index contributed by atoms with van der Waals surface area (Å²) in [5, 5.41) is 3.46. The zero-order valence-corrected chi connectivity index (χ0v) is 10.6. The van der Waals surface area contributed by atoms with E-state index in [-0.39, 0.29) is 6.04 Å². The first-order chi connectivity index (χ1) is 8.31. The van der Waals surface area contributed by atoms with E-state index < -0.39 is 0 Å². The van der Waals surface area contributed by atoms with Gasteiger partial charge in [-0.25, -0.2) is 0 Å². The fraction of sp³-hybridized carbons (Fsp3) is 0.538. The predicted octanol–water partition coefficient (Wildman–Crippen LogP) is 2.14. The molecular weight excluding hydrogens is 218 g/mol. The van der Waals surface area contributed by atoms with Crippen molar-refractivity contribution in [3.63, 3.8) is 0 Å². The lowest BCUT2D eigenvalue weighted by molar-refractivity contribution is 0.338. The van der Waals surface area contributed by atoms with Gasteiger partial charge in [0.15, 0.2) is 11.5 Å². The van der Waals surface area contributed by atoms with E-state index in [1.807, 2.05) is 12.1 Å². The normalized spacial score (nSPS) is 19.1. The molecule has 4 nitrogen and oxygen atoms in total. The number of benzene rings is 1. The van der Waals surface area contributed by atoms with Crippen molar-refractivity contribution in [2.75, 3.05) is 27.9 Å². The highest BCUT2D eigenvalue weighted by Crippen LogP contribution is 2.43. The third kappa shape index (κ3) is 2.17. The van der Waals surface area contributed by atoms with Crippen LogP contribution in [0.25, 0.3) is 0 Å². The van der Waals surface area contributed by atoms with Crippen LogP contribution >= 0.6 is 0 Å². The minimum absolute atomic E-state index is 0.287. The number of rotatable bonds is 4. The molecule has 2 rings (SSSR count). The van der Waals surface area contributed by atoms with Crippen molar-refractivity contribution < 1.29 is 14.2 Å². The first kappa shape index (κ1) is 12.0. The van der Waals surface area contributed by atoms with Gasteiger partial charge in [-0.3, -0.25) is 0 Å². The van der Waals surface area contributed by atoms with Crippen molar-refractivity contribution in [3.8, 4) is 17.2 Å². The molecule has 1 atom stereocenters. The zero-order valence-electron chi connectivity index (χ0n) is 10.6. The van der Waals surface area contributed by atoms with E-state index in [9.17, 15) is 0 Å². The fourth-order valence-electron chi connectivity index (χ4n) is 2.37. The van der Waals surface area contributed by atoms with Gasteiger partial charge in [0.05, 0.1) is 26.9 Å². The summed E-state index contributed by atoms with van der Waals surface area (Å²) in [5.74, 6) is 2.37. The van der Waals surface area contributed by atoms with E-state index in [4.69, 9.17) is 14.2 Å². The number of methoxy groups -OCH3 is 3. The molecular formula is C13H19NO3. The maximum Gasteiger partial charge on any atom is 0.169 e. The molecule has 0 spiro atoms. The third-order valence-electron chi connectivity index (χ3n) is 3.17. The van der Waals surface area contributed by atoms with Crippen LogP contribution in [0.15, 0.2) is 12.1 Å². The highest BCUT2D eigenvalue weighted by atomic mass is 16.5. The maximum absolute atomic E-state index is 5.48. The standard InChI is InChI=1S/C13H19NO3/c1-15-10-6-7-11(16-2)13(17-3)12(10)9-5-4-8-14-9/h6-7,9,14H,4-5,8H2,1-3H3. The van der Waals surface area contributed by atoms with Crippen LogP contribution in [-0.4, -0.2) is 27.9 Å². The lowest BCUT2D eigenvalue weighted by atomic mass is 10.0. The molecule has 1 aliphatic rings. The molecule has 0 saturated carbocycles. The molecule has 4 heteroatoms. The summed E-state index contributed by atoms with van der Waals surface area (Å²) in [6.07, 6.45) is 2.27. The zero-order chi connectivity index (χ0) is 12.3. The lowest BCUT2D eigenvalue weighted by Crippen LogP contribution is -2.15. The molecule has 1 heterocycles. The van der Waals surface area contributed by atoms with Gasteiger partial charge < -0.3 is 19.5 Å². The average molecular weight is 237 g/mol. The molecule has 1 unspecified atom stereocenters. The smallest absolute Gasteiger partial charge is 0.169 e. The Hall–Kier alpha value is -1.42. The second kappa shape index (κ2) is 5.27. The van der Waals surface area contributed by atoms with Crippen molar-refractivity contribution in [2.24, 2.45) is 0 Å². The molecule has 0 radical (unpaired) electrons. The number of nitrogens with one attached hydrogen (secondary N) is 1. The molecule has 17 heavy (non-hydrogen) atoms. The first-order valence-corrected chi connectivity index (χ1v) is 5.84. The molecule has 0 bridgehead atoms. The Labute approximate surface area is 102 Å². The maximum atomic E-state index is 5.48. The van der Waals surface area contributed by atoms with Crippen LogP contribution in [0.1, 0.15) is 24.4 Å². The van der Waals surface area contributed by atoms with E-state index in [0.717, 1.165) is 35.8 Å². The summed E-state index contributed by atoms with van der Waals surface area (Å²) in [4.78, 5) is 0. The van der Waals surface area contributed by atoms with Gasteiger partial charge in [-0.1, -0.05) is 0 Å². The van der Waals surface area contributed by atoms with Gasteiger partial charge in [-0.15, -0.1) is 0 Å². The number of hydrogen-bond acceptors (Lipinski definition) is 4. The van der Waals surface area contributed by atoms with Crippen LogP contribution < -0.4 is 19.5 Å². The largest absolute Gasteiger partial charge is 0.496 e. The van der Waals surface area contributed by atoms with E-state index in [1.165, 1.54) is 6.42 Å². The van der Waals surface area contributed by atoms with Crippen LogP contribution in [-0.2, 0) is 0 Å². The van der Waals surface area contributed by atoms with Crippen molar-refractivity contribution in [3.05, 3.63) is 17.7 Å². The van der Waals surface area contributed by atoms with Crippen molar-refractivity contribution in [1.29, 1.82) is 0 Å². The summed E-state index contributed by atoms with van der Waals surface area (Å²) >= 11 is 0. The molecule has 0 aromatic heterocycles. The van der Waals surface area contributed by atoms with Crippen LogP contribution in [0.3, 0.4) is 0 Å². The second-order valence-corrected chi connectivity index (χ2v) is 4.07. The molecule has 1 saturated heterocycles. The number of ether oxygens (including phenoxy) is 3. The minimum atomic E-state index is 0.287. The molecule has 94 valence electrons. The Kier molecular flexibility index (Phi) is 3.74. The Morgan fingerprint density at radius 3 is 2.29 bits per heavy atom. The van der Waals surface area contributed by atoms with Gasteiger partial charge in [-0.05, 0) is 31.5 Å². The van der Waals surface area contributed by atoms with E-state index in [1.54, 1.807) is 21.3 Å². The highest BCUT2D eigenvalue weighted by Gasteiger charge is 2.26. The number of hydrogen-bond donors (Lipinski definition) is 1. The minimum Gasteiger partial charge on any atom is -0.496 e. The topological polar surface area (TPSA) is 39.7 Å². The molecule has 1 aromatic rings. The van der Waals surface area contributed by atoms with Gasteiger partial charge in [0.1, 0.15) is 5.75 Å². The van der Waals surface area contributed by atoms with Crippen LogP contribution in [0.5, 0.6) is 17.2 Å². The third-order valence-corrected chi connectivity index (χ3v) is 3.17. The first-order valence-electron chi connectivity index (χ1n) is 5.84. The predicted molar refractivity (Wildman–Crippen MR) is 66.1 cm³/mol. The van der Waals surface area contributed by atoms with E-state index in [0.29, 0.717) is 0 Å². The van der Waals surface area contributed by atoms with Crippen molar-refractivity contribution in [1.82, 2.24) is 5.32 Å². The second-order valence-electron chi connectivity index (χ2n) is 4.07. The Balaban J connectivity index is 2.49. The summed E-state index contributed by atoms with van der Waals surface area (Å²) in [6.45, 7) is 1.04. The lowest BCUT2D eigenvalue weighted by Gasteiger charge is -2.20. The van der Waals surface area contributed by atoms with Gasteiger partial charge >= 0.3 is 0 Å². The van der Waals surface area contributed by atoms with Crippen molar-refractivity contribution in [2.45, 2.75) is 18.9 Å². The van der Waals surface area contributed by atoms with Gasteiger partial charge in [0.25, 0.3) is 0 Å². The van der Waals surface area contributed by atoms with E-state index >= 15 is 0 Å². The monoisotopic (exact) mass is 237 g/mol. The Morgan fingerprint density at radius 1 is 1.06 bits per heavy atom. The quantitative estimate of drug-likeness (QED) is 0.871. The Morgan fingerprint density at radius 2 is 1.76 bits per heavy atom. The van der Waals surface area contributed by atoms with Gasteiger partial charge in [-0.2, -0.15) is 0 Å². The Bertz CT molecular complexity index is 386. The van der Waals surface area contributed by atoms with Gasteiger partial charge in [0, 0.05) is 6.04 Å². The summed E-state index contributed by atoms with van der Waals surface area (Å²) < 4.78 is 16.2. The molecule has 1 aliphatic heterocycles. The molecule has 1 fully saturated rings. The SMILES string of the molecule is COc1ccc(OC)c(C2CCCN2)c1OC. The fourth-order valence-corrected chi connectivity index (χ4v) is 2.37. The van der Waals surface area contributed by atoms with Crippen molar-refractivity contribution >= 4 is 0 Å². The summed E-state index contributed by atoms with van der Waals surface area (Å²) in [5.41, 5.74) is 1.06. The van der Waals surface area contributed by atoms with E-state index in [2.05, 4.69) is 5.32 Å². The highest BCUT2D eigenvalue weighted by molar-refractivity contribution is 5.55. The molecule has 1 aromatic carbocycles. The summed E-state index contributed by atoms with van der Waals surface area (Å²) in [6, 6.07) is 4.09. The molecule has 1 N–H and O–H groups in total. The summed E-state index contributed by atoms with van der Waals surface area (Å²) in [7, 11) is 4.99. The molecule has 0 amide bonds. The van der Waals surface area contributed by atoms with Crippen LogP contribution in [0.4, 0.5) is 0 Å². The molecule has 0 aliphatic carbocycles.